The molecule has 10 heteroatoms. The lowest BCUT2D eigenvalue weighted by molar-refractivity contribution is -0.119. The van der Waals surface area contributed by atoms with Crippen molar-refractivity contribution in [3.05, 3.63) is 42.6 Å². The van der Waals surface area contributed by atoms with Gasteiger partial charge in [0.25, 0.3) is 0 Å². The Balaban J connectivity index is 1.40. The van der Waals surface area contributed by atoms with Crippen LogP contribution in [-0.4, -0.2) is 69.2 Å². The molecule has 1 N–H and O–H groups in total. The smallest absolute Gasteiger partial charge is 0.414 e. The SMILES string of the molecule is CC(=O)NCC1CN(c2ccc(-c3ccc(N4CCS(=O)(=O)CC4)nc3)cc2)C(=O)O1. The molecule has 1 atom stereocenters. The van der Waals surface area contributed by atoms with Crippen molar-refractivity contribution in [1.82, 2.24) is 10.3 Å². The quantitative estimate of drug-likeness (QED) is 0.743. The summed E-state index contributed by atoms with van der Waals surface area (Å²) in [6, 6.07) is 11.4. The third-order valence-corrected chi connectivity index (χ3v) is 6.99. The number of nitrogens with one attached hydrogen (secondary N) is 1. The molecule has 31 heavy (non-hydrogen) atoms. The molecule has 2 aliphatic rings. The van der Waals surface area contributed by atoms with E-state index in [2.05, 4.69) is 10.3 Å². The number of pyridine rings is 1. The fourth-order valence-corrected chi connectivity index (χ4v) is 4.82. The Labute approximate surface area is 180 Å². The van der Waals surface area contributed by atoms with Gasteiger partial charge in [-0.1, -0.05) is 12.1 Å². The van der Waals surface area contributed by atoms with Crippen LogP contribution in [0.25, 0.3) is 11.1 Å². The number of cyclic esters (lactones) is 1. The molecular weight excluding hydrogens is 420 g/mol. The monoisotopic (exact) mass is 444 g/mol. The molecule has 2 aromatic rings. The van der Waals surface area contributed by atoms with Gasteiger partial charge >= 0.3 is 6.09 Å². The Kier molecular flexibility index (Phi) is 5.81. The molecular formula is C21H24N4O5S. The zero-order valence-corrected chi connectivity index (χ0v) is 18.0. The van der Waals surface area contributed by atoms with Crippen molar-refractivity contribution in [2.45, 2.75) is 13.0 Å². The van der Waals surface area contributed by atoms with Crippen molar-refractivity contribution in [2.24, 2.45) is 0 Å². The van der Waals surface area contributed by atoms with Crippen molar-refractivity contribution >= 4 is 33.3 Å². The highest BCUT2D eigenvalue weighted by Gasteiger charge is 2.32. The van der Waals surface area contributed by atoms with Crippen LogP contribution < -0.4 is 15.1 Å². The number of sulfone groups is 1. The Morgan fingerprint density at radius 2 is 1.81 bits per heavy atom. The van der Waals surface area contributed by atoms with E-state index in [4.69, 9.17) is 4.74 Å². The number of carbonyl (C=O) groups excluding carboxylic acids is 2. The minimum absolute atomic E-state index is 0.155. The van der Waals surface area contributed by atoms with E-state index in [9.17, 15) is 18.0 Å². The average Bonchev–Trinajstić information content (AvgIpc) is 3.13. The standard InChI is InChI=1S/C21H24N4O5S/c1-15(26)22-13-19-14-25(21(27)30-19)18-5-2-16(3-6-18)17-4-7-20(23-12-17)24-8-10-31(28,29)11-9-24/h2-7,12,19H,8-11,13-14H2,1H3,(H,22,26). The minimum atomic E-state index is -2.93. The summed E-state index contributed by atoms with van der Waals surface area (Å²) in [6.45, 7) is 3.00. The van der Waals surface area contributed by atoms with E-state index >= 15 is 0 Å². The summed E-state index contributed by atoms with van der Waals surface area (Å²) < 4.78 is 28.5. The number of amides is 2. The third kappa shape index (κ3) is 4.96. The lowest BCUT2D eigenvalue weighted by Gasteiger charge is -2.27. The maximum Gasteiger partial charge on any atom is 0.414 e. The number of anilines is 2. The fraction of sp³-hybridized carbons (Fsp3) is 0.381. The Bertz CT molecular complexity index is 1060. The van der Waals surface area contributed by atoms with Gasteiger partial charge in [0.1, 0.15) is 11.9 Å². The summed E-state index contributed by atoms with van der Waals surface area (Å²) in [5.41, 5.74) is 2.59. The molecule has 0 spiro atoms. The second-order valence-electron chi connectivity index (χ2n) is 7.64. The van der Waals surface area contributed by atoms with Crippen molar-refractivity contribution < 1.29 is 22.7 Å². The molecule has 2 amide bonds. The molecule has 2 fully saturated rings. The molecule has 0 bridgehead atoms. The van der Waals surface area contributed by atoms with Gasteiger partial charge in [0.2, 0.25) is 5.91 Å². The van der Waals surface area contributed by atoms with E-state index in [1.807, 2.05) is 41.3 Å². The number of benzene rings is 1. The van der Waals surface area contributed by atoms with Gasteiger partial charge in [0.15, 0.2) is 9.84 Å². The first-order valence-electron chi connectivity index (χ1n) is 10.1. The van der Waals surface area contributed by atoms with Crippen LogP contribution in [0.5, 0.6) is 0 Å². The molecule has 2 aliphatic heterocycles. The topological polar surface area (TPSA) is 109 Å². The molecule has 0 saturated carbocycles. The van der Waals surface area contributed by atoms with Crippen LogP contribution in [0, 0.1) is 0 Å². The molecule has 1 unspecified atom stereocenters. The van der Waals surface area contributed by atoms with Gasteiger partial charge in [-0.2, -0.15) is 0 Å². The lowest BCUT2D eigenvalue weighted by Crippen LogP contribution is -2.40. The van der Waals surface area contributed by atoms with Gasteiger partial charge < -0.3 is 15.0 Å². The van der Waals surface area contributed by atoms with Crippen molar-refractivity contribution in [1.29, 1.82) is 0 Å². The van der Waals surface area contributed by atoms with Crippen LogP contribution in [0.1, 0.15) is 6.92 Å². The minimum Gasteiger partial charge on any atom is -0.442 e. The predicted octanol–water partition coefficient (Wildman–Crippen LogP) is 1.44. The average molecular weight is 445 g/mol. The number of carbonyl (C=O) groups is 2. The van der Waals surface area contributed by atoms with Crippen molar-refractivity contribution in [3.63, 3.8) is 0 Å². The van der Waals surface area contributed by atoms with E-state index < -0.39 is 15.9 Å². The fourth-order valence-electron chi connectivity index (χ4n) is 3.62. The molecule has 9 nitrogen and oxygen atoms in total. The van der Waals surface area contributed by atoms with Crippen LogP contribution in [0.2, 0.25) is 0 Å². The summed E-state index contributed by atoms with van der Waals surface area (Å²) >= 11 is 0. The molecule has 1 aromatic carbocycles. The maximum atomic E-state index is 12.2. The lowest BCUT2D eigenvalue weighted by atomic mass is 10.1. The molecule has 0 radical (unpaired) electrons. The Morgan fingerprint density at radius 1 is 1.13 bits per heavy atom. The van der Waals surface area contributed by atoms with E-state index in [0.29, 0.717) is 19.6 Å². The molecule has 3 heterocycles. The Hall–Kier alpha value is -3.14. The van der Waals surface area contributed by atoms with E-state index in [-0.39, 0.29) is 30.1 Å². The first-order chi connectivity index (χ1) is 14.8. The summed E-state index contributed by atoms with van der Waals surface area (Å²) in [7, 11) is -2.93. The van der Waals surface area contributed by atoms with Gasteiger partial charge in [0.05, 0.1) is 24.6 Å². The van der Waals surface area contributed by atoms with Crippen LogP contribution in [0.15, 0.2) is 42.6 Å². The van der Waals surface area contributed by atoms with Crippen LogP contribution in [-0.2, 0) is 19.4 Å². The molecule has 0 aliphatic carbocycles. The number of hydrogen-bond donors (Lipinski definition) is 1. The largest absolute Gasteiger partial charge is 0.442 e. The first kappa shape index (κ1) is 21.1. The van der Waals surface area contributed by atoms with E-state index in [1.54, 1.807) is 11.1 Å². The normalized spacial score (nSPS) is 20.4. The third-order valence-electron chi connectivity index (χ3n) is 5.38. The highest BCUT2D eigenvalue weighted by molar-refractivity contribution is 7.91. The maximum absolute atomic E-state index is 12.2. The summed E-state index contributed by atoms with van der Waals surface area (Å²) in [5.74, 6) is 0.912. The van der Waals surface area contributed by atoms with Crippen molar-refractivity contribution in [3.8, 4) is 11.1 Å². The zero-order valence-electron chi connectivity index (χ0n) is 17.2. The molecule has 1 aromatic heterocycles. The number of hydrogen-bond acceptors (Lipinski definition) is 7. The predicted molar refractivity (Wildman–Crippen MR) is 117 cm³/mol. The summed E-state index contributed by atoms with van der Waals surface area (Å²) in [5, 5.41) is 2.66. The van der Waals surface area contributed by atoms with E-state index in [0.717, 1.165) is 22.6 Å². The highest BCUT2D eigenvalue weighted by Crippen LogP contribution is 2.27. The van der Waals surface area contributed by atoms with Gasteiger partial charge in [-0.3, -0.25) is 9.69 Å². The van der Waals surface area contributed by atoms with Crippen LogP contribution in [0.4, 0.5) is 16.3 Å². The van der Waals surface area contributed by atoms with Gasteiger partial charge in [-0.15, -0.1) is 0 Å². The number of ether oxygens (including phenoxy) is 1. The highest BCUT2D eigenvalue weighted by atomic mass is 32.2. The van der Waals surface area contributed by atoms with Gasteiger partial charge in [-0.25, -0.2) is 18.2 Å². The summed E-state index contributed by atoms with van der Waals surface area (Å²) in [4.78, 5) is 31.2. The van der Waals surface area contributed by atoms with Crippen molar-refractivity contribution in [2.75, 3.05) is 47.5 Å². The number of aromatic nitrogens is 1. The number of nitrogens with zero attached hydrogens (tertiary/aromatic N) is 3. The second kappa shape index (κ2) is 8.54. The second-order valence-corrected chi connectivity index (χ2v) is 9.95. The Morgan fingerprint density at radius 3 is 2.42 bits per heavy atom. The summed E-state index contributed by atoms with van der Waals surface area (Å²) in [6.07, 6.45) is 0.955. The first-order valence-corrected chi connectivity index (χ1v) is 11.9. The van der Waals surface area contributed by atoms with Gasteiger partial charge in [-0.05, 0) is 29.8 Å². The van der Waals surface area contributed by atoms with Crippen LogP contribution in [0.3, 0.4) is 0 Å². The molecule has 164 valence electrons. The molecule has 4 rings (SSSR count). The zero-order chi connectivity index (χ0) is 22.0. The van der Waals surface area contributed by atoms with Crippen LogP contribution >= 0.6 is 0 Å². The van der Waals surface area contributed by atoms with Gasteiger partial charge in [0, 0.05) is 37.5 Å². The number of rotatable bonds is 5. The molecule has 2 saturated heterocycles. The van der Waals surface area contributed by atoms with E-state index in [1.165, 1.54) is 6.92 Å².